The van der Waals surface area contributed by atoms with Crippen molar-refractivity contribution < 1.29 is 0 Å². The Hall–Kier alpha value is -3.60. The molecule has 2 N–H and O–H groups in total. The molecule has 1 aliphatic carbocycles. The van der Waals surface area contributed by atoms with Gasteiger partial charge in [0, 0.05) is 47.3 Å². The predicted octanol–water partition coefficient (Wildman–Crippen LogP) is 8.08. The van der Waals surface area contributed by atoms with Crippen molar-refractivity contribution in [2.24, 2.45) is 5.92 Å². The number of aromatic amines is 1. The zero-order valence-corrected chi connectivity index (χ0v) is 22.6. The first-order valence-electron chi connectivity index (χ1n) is 13.8. The lowest BCUT2D eigenvalue weighted by Crippen LogP contribution is -2.10. The lowest BCUT2D eigenvalue weighted by molar-refractivity contribution is 0.699. The van der Waals surface area contributed by atoms with E-state index in [1.807, 2.05) is 6.20 Å². The molecule has 37 heavy (non-hydrogen) atoms. The van der Waals surface area contributed by atoms with Crippen molar-refractivity contribution >= 4 is 27.9 Å². The van der Waals surface area contributed by atoms with Crippen LogP contribution in [0.25, 0.3) is 22.1 Å². The van der Waals surface area contributed by atoms with Gasteiger partial charge in [-0.3, -0.25) is 4.40 Å². The van der Waals surface area contributed by atoms with Crippen molar-refractivity contribution in [3.63, 3.8) is 0 Å². The smallest absolute Gasteiger partial charge is 0.180 e. The van der Waals surface area contributed by atoms with Gasteiger partial charge < -0.3 is 10.3 Å². The number of imidazole rings is 1. The van der Waals surface area contributed by atoms with Crippen LogP contribution in [0.4, 0.5) is 5.82 Å². The van der Waals surface area contributed by atoms with Crippen LogP contribution >= 0.6 is 0 Å². The number of para-hydroxylation sites is 1. The zero-order valence-electron chi connectivity index (χ0n) is 22.6. The highest BCUT2D eigenvalue weighted by molar-refractivity contribution is 5.83. The molecule has 5 nitrogen and oxygen atoms in total. The third-order valence-corrected chi connectivity index (χ3v) is 7.53. The van der Waals surface area contributed by atoms with E-state index < -0.39 is 0 Å². The Morgan fingerprint density at radius 1 is 1.24 bits per heavy atom. The van der Waals surface area contributed by atoms with Crippen molar-refractivity contribution in [1.29, 1.82) is 0 Å². The first-order chi connectivity index (χ1) is 18.1. The minimum absolute atomic E-state index is 0.417. The van der Waals surface area contributed by atoms with Crippen LogP contribution in [0.1, 0.15) is 76.2 Å². The number of hydrogen-bond donors (Lipinski definition) is 2. The molecular formula is C32H39N5. The van der Waals surface area contributed by atoms with E-state index in [0.29, 0.717) is 11.8 Å². The molecule has 0 bridgehead atoms. The average molecular weight is 494 g/mol. The topological polar surface area (TPSA) is 58.0 Å². The van der Waals surface area contributed by atoms with Gasteiger partial charge in [-0.15, -0.1) is 0 Å². The standard InChI is InChI=1S/C32H39N5/c1-5-8-11-25(18-23(7-3)24-14-15-24)29-21-37-30(22(4)6-2)20-35-32(37)31(36-29)33-17-16-26-19-34-28-13-10-9-12-27(26)28/h7-13,18-22,24,34H,5-6,14-17H2,1-4H3,(H,33,36)/b11-8+,23-7+,25-18+. The minimum Gasteiger partial charge on any atom is -0.367 e. The highest BCUT2D eigenvalue weighted by atomic mass is 15.1. The van der Waals surface area contributed by atoms with Crippen molar-refractivity contribution in [2.45, 2.75) is 65.7 Å². The maximum absolute atomic E-state index is 5.15. The molecule has 5 rings (SSSR count). The number of anilines is 1. The van der Waals surface area contributed by atoms with Crippen LogP contribution in [-0.2, 0) is 6.42 Å². The number of nitrogens with zero attached hydrogens (tertiary/aromatic N) is 3. The molecule has 1 unspecified atom stereocenters. The average Bonchev–Trinajstić information content (AvgIpc) is 3.55. The first-order valence-corrected chi connectivity index (χ1v) is 13.8. The number of aromatic nitrogens is 4. The van der Waals surface area contributed by atoms with Gasteiger partial charge in [0.05, 0.1) is 5.69 Å². The Morgan fingerprint density at radius 2 is 2.08 bits per heavy atom. The molecule has 0 aliphatic heterocycles. The summed E-state index contributed by atoms with van der Waals surface area (Å²) in [6.45, 7) is 9.61. The number of benzene rings is 1. The second-order valence-corrected chi connectivity index (χ2v) is 10.2. The van der Waals surface area contributed by atoms with Crippen LogP contribution in [-0.4, -0.2) is 25.9 Å². The minimum atomic E-state index is 0.417. The Labute approximate surface area is 220 Å². The van der Waals surface area contributed by atoms with Crippen molar-refractivity contribution in [3.05, 3.63) is 89.7 Å². The first kappa shape index (κ1) is 25.1. The van der Waals surface area contributed by atoms with Gasteiger partial charge in [0.15, 0.2) is 11.5 Å². The molecule has 0 radical (unpaired) electrons. The predicted molar refractivity (Wildman–Crippen MR) is 156 cm³/mol. The fourth-order valence-corrected chi connectivity index (χ4v) is 4.98. The molecule has 0 amide bonds. The van der Waals surface area contributed by atoms with Gasteiger partial charge in [-0.25, -0.2) is 9.97 Å². The highest BCUT2D eigenvalue weighted by Gasteiger charge is 2.24. The van der Waals surface area contributed by atoms with Crippen LogP contribution < -0.4 is 5.32 Å². The quantitative estimate of drug-likeness (QED) is 0.208. The maximum Gasteiger partial charge on any atom is 0.180 e. The third kappa shape index (κ3) is 5.41. The SMILES string of the molecule is C\C=C(/C=C(\C=C\CC)c1cn2c(C(C)CC)cnc2c(NCCc2c[nH]c3ccccc23)n1)C1CC1. The summed E-state index contributed by atoms with van der Waals surface area (Å²) in [4.78, 5) is 13.4. The van der Waals surface area contributed by atoms with Gasteiger partial charge in [0.1, 0.15) is 0 Å². The van der Waals surface area contributed by atoms with Gasteiger partial charge in [-0.05, 0) is 74.1 Å². The molecular weight excluding hydrogens is 454 g/mol. The van der Waals surface area contributed by atoms with Crippen molar-refractivity contribution in [1.82, 2.24) is 19.4 Å². The van der Waals surface area contributed by atoms with Crippen LogP contribution in [0.3, 0.4) is 0 Å². The van der Waals surface area contributed by atoms with Crippen LogP contribution in [0, 0.1) is 5.92 Å². The lowest BCUT2D eigenvalue weighted by atomic mass is 10.0. The Kier molecular flexibility index (Phi) is 7.59. The fourth-order valence-electron chi connectivity index (χ4n) is 4.98. The molecule has 0 saturated heterocycles. The third-order valence-electron chi connectivity index (χ3n) is 7.53. The molecule has 1 aromatic carbocycles. The number of fused-ring (bicyclic) bond motifs is 2. The number of hydrogen-bond acceptors (Lipinski definition) is 3. The van der Waals surface area contributed by atoms with E-state index in [9.17, 15) is 0 Å². The van der Waals surface area contributed by atoms with E-state index in [2.05, 4.69) is 103 Å². The van der Waals surface area contributed by atoms with Crippen LogP contribution in [0.5, 0.6) is 0 Å². The lowest BCUT2D eigenvalue weighted by Gasteiger charge is -2.14. The molecule has 192 valence electrons. The van der Waals surface area contributed by atoms with Crippen molar-refractivity contribution in [2.75, 3.05) is 11.9 Å². The van der Waals surface area contributed by atoms with E-state index in [4.69, 9.17) is 9.97 Å². The van der Waals surface area contributed by atoms with E-state index in [0.717, 1.165) is 48.5 Å². The van der Waals surface area contributed by atoms with Gasteiger partial charge in [-0.2, -0.15) is 0 Å². The number of H-pyrrole nitrogens is 1. The van der Waals surface area contributed by atoms with Gasteiger partial charge in [0.2, 0.25) is 0 Å². The van der Waals surface area contributed by atoms with E-state index in [1.165, 1.54) is 40.6 Å². The molecule has 3 aromatic heterocycles. The largest absolute Gasteiger partial charge is 0.367 e. The second-order valence-electron chi connectivity index (χ2n) is 10.2. The van der Waals surface area contributed by atoms with Crippen LogP contribution in [0.2, 0.25) is 0 Å². The zero-order chi connectivity index (χ0) is 25.8. The van der Waals surface area contributed by atoms with E-state index in [-0.39, 0.29) is 0 Å². The molecule has 1 saturated carbocycles. The summed E-state index contributed by atoms with van der Waals surface area (Å²) >= 11 is 0. The monoisotopic (exact) mass is 493 g/mol. The van der Waals surface area contributed by atoms with E-state index >= 15 is 0 Å². The highest BCUT2D eigenvalue weighted by Crippen LogP contribution is 2.38. The Bertz CT molecular complexity index is 1460. The van der Waals surface area contributed by atoms with Gasteiger partial charge in [0.25, 0.3) is 0 Å². The summed E-state index contributed by atoms with van der Waals surface area (Å²) in [7, 11) is 0. The Morgan fingerprint density at radius 3 is 2.84 bits per heavy atom. The van der Waals surface area contributed by atoms with Gasteiger partial charge >= 0.3 is 0 Å². The molecule has 5 heteroatoms. The molecule has 1 fully saturated rings. The molecule has 3 heterocycles. The van der Waals surface area contributed by atoms with Gasteiger partial charge in [-0.1, -0.05) is 57.2 Å². The molecule has 4 aromatic rings. The number of allylic oxidation sites excluding steroid dienone is 6. The number of nitrogens with one attached hydrogen (secondary N) is 2. The van der Waals surface area contributed by atoms with E-state index in [1.54, 1.807) is 0 Å². The molecule has 1 aliphatic rings. The number of rotatable bonds is 11. The maximum atomic E-state index is 5.15. The summed E-state index contributed by atoms with van der Waals surface area (Å²) in [5, 5.41) is 4.92. The summed E-state index contributed by atoms with van der Waals surface area (Å²) in [5.41, 5.74) is 8.17. The Balaban J connectivity index is 1.52. The summed E-state index contributed by atoms with van der Waals surface area (Å²) < 4.78 is 2.25. The molecule has 1 atom stereocenters. The second kappa shape index (κ2) is 11.2. The van der Waals surface area contributed by atoms with Crippen molar-refractivity contribution in [3.8, 4) is 0 Å². The summed E-state index contributed by atoms with van der Waals surface area (Å²) in [6.07, 6.45) is 20.9. The summed E-state index contributed by atoms with van der Waals surface area (Å²) in [5.74, 6) is 1.95. The normalized spacial score (nSPS) is 15.8. The molecule has 0 spiro atoms. The van der Waals surface area contributed by atoms with Crippen LogP contribution in [0.15, 0.2) is 72.7 Å². The fraction of sp³-hybridized carbons (Fsp3) is 0.375. The summed E-state index contributed by atoms with van der Waals surface area (Å²) in [6, 6.07) is 8.48.